The summed E-state index contributed by atoms with van der Waals surface area (Å²) < 4.78 is 1.99. The summed E-state index contributed by atoms with van der Waals surface area (Å²) in [6, 6.07) is 8.00. The van der Waals surface area contributed by atoms with Crippen LogP contribution in [0.15, 0.2) is 24.3 Å². The third-order valence-corrected chi connectivity index (χ3v) is 2.73. The number of alkyl halides is 1. The average Bonchev–Trinajstić information content (AvgIpc) is 2.66. The van der Waals surface area contributed by atoms with Crippen LogP contribution in [0.25, 0.3) is 11.0 Å². The fourth-order valence-corrected chi connectivity index (χ4v) is 1.88. The zero-order valence-electron chi connectivity index (χ0n) is 9.77. The lowest BCUT2D eigenvalue weighted by Gasteiger charge is -2.12. The molecular weight excluding hydrogens is 238 g/mol. The van der Waals surface area contributed by atoms with Gasteiger partial charge < -0.3 is 4.57 Å². The Hall–Kier alpha value is -1.55. The molecule has 1 aromatic carbocycles. The van der Waals surface area contributed by atoms with Crippen molar-refractivity contribution < 1.29 is 4.79 Å². The van der Waals surface area contributed by atoms with Gasteiger partial charge in [-0.2, -0.15) is 0 Å². The molecule has 0 unspecified atom stereocenters. The Bertz CT molecular complexity index is 548. The summed E-state index contributed by atoms with van der Waals surface area (Å²) >= 11 is 5.48. The number of para-hydroxylation sites is 2. The minimum Gasteiger partial charge on any atom is -0.307 e. The minimum atomic E-state index is -0.246. The fraction of sp³-hybridized carbons (Fsp3) is 0.333. The second kappa shape index (κ2) is 4.75. The van der Waals surface area contributed by atoms with E-state index in [1.54, 1.807) is 0 Å². The number of nitrogens with zero attached hydrogens (tertiary/aromatic N) is 2. The van der Waals surface area contributed by atoms with E-state index in [0.29, 0.717) is 5.95 Å². The first-order chi connectivity index (χ1) is 8.13. The van der Waals surface area contributed by atoms with Crippen molar-refractivity contribution in [3.8, 4) is 0 Å². The maximum atomic E-state index is 11.3. The molecule has 0 aliphatic heterocycles. The van der Waals surface area contributed by atoms with Gasteiger partial charge in [-0.15, -0.1) is 11.6 Å². The number of amides is 1. The molecule has 0 aliphatic rings. The van der Waals surface area contributed by atoms with Gasteiger partial charge in [0.2, 0.25) is 11.9 Å². The number of rotatable bonds is 3. The molecule has 0 radical (unpaired) electrons. The van der Waals surface area contributed by atoms with E-state index in [0.717, 1.165) is 11.0 Å². The largest absolute Gasteiger partial charge is 0.307 e. The van der Waals surface area contributed by atoms with Crippen molar-refractivity contribution in [2.24, 2.45) is 0 Å². The highest BCUT2D eigenvalue weighted by Crippen LogP contribution is 2.23. The molecule has 0 bridgehead atoms. The number of carbonyl (C=O) groups is 1. The van der Waals surface area contributed by atoms with Crippen LogP contribution in [0.4, 0.5) is 5.95 Å². The van der Waals surface area contributed by atoms with Gasteiger partial charge >= 0.3 is 0 Å². The normalized spacial score (nSPS) is 11.1. The van der Waals surface area contributed by atoms with Gasteiger partial charge in [0, 0.05) is 6.04 Å². The third-order valence-electron chi connectivity index (χ3n) is 2.48. The van der Waals surface area contributed by atoms with Gasteiger partial charge in [0.25, 0.3) is 0 Å². The molecule has 1 amide bonds. The van der Waals surface area contributed by atoms with Crippen LogP contribution >= 0.6 is 11.6 Å². The number of carbonyl (C=O) groups excluding carboxylic acids is 1. The van der Waals surface area contributed by atoms with E-state index in [4.69, 9.17) is 11.6 Å². The van der Waals surface area contributed by atoms with E-state index < -0.39 is 0 Å². The summed E-state index contributed by atoms with van der Waals surface area (Å²) in [7, 11) is 0. The number of anilines is 1. The van der Waals surface area contributed by atoms with Crippen molar-refractivity contribution in [3.63, 3.8) is 0 Å². The maximum absolute atomic E-state index is 11.3. The predicted octanol–water partition coefficient (Wildman–Crippen LogP) is 2.79. The summed E-state index contributed by atoms with van der Waals surface area (Å²) in [5, 5.41) is 2.71. The third kappa shape index (κ3) is 2.26. The molecule has 17 heavy (non-hydrogen) atoms. The van der Waals surface area contributed by atoms with Crippen LogP contribution in [0.3, 0.4) is 0 Å². The highest BCUT2D eigenvalue weighted by atomic mass is 35.5. The molecule has 0 aliphatic carbocycles. The van der Waals surface area contributed by atoms with Crippen molar-refractivity contribution in [1.82, 2.24) is 9.55 Å². The van der Waals surface area contributed by atoms with E-state index in [1.807, 2.05) is 42.7 Å². The molecule has 1 aromatic heterocycles. The first-order valence-corrected chi connectivity index (χ1v) is 5.99. The van der Waals surface area contributed by atoms with Crippen molar-refractivity contribution in [1.29, 1.82) is 0 Å². The van der Waals surface area contributed by atoms with Crippen molar-refractivity contribution >= 4 is 34.5 Å². The number of fused-ring (bicyclic) bond motifs is 1. The lowest BCUT2D eigenvalue weighted by molar-refractivity contribution is -0.114. The van der Waals surface area contributed by atoms with Crippen molar-refractivity contribution in [3.05, 3.63) is 24.3 Å². The van der Waals surface area contributed by atoms with Gasteiger partial charge in [0.1, 0.15) is 5.88 Å². The Morgan fingerprint density at radius 1 is 1.47 bits per heavy atom. The second-order valence-corrected chi connectivity index (χ2v) is 4.34. The highest BCUT2D eigenvalue weighted by Gasteiger charge is 2.14. The number of nitrogens with one attached hydrogen (secondary N) is 1. The molecule has 4 nitrogen and oxygen atoms in total. The van der Waals surface area contributed by atoms with E-state index in [9.17, 15) is 4.79 Å². The Morgan fingerprint density at radius 2 is 2.18 bits per heavy atom. The number of benzene rings is 1. The van der Waals surface area contributed by atoms with Crippen LogP contribution in [0.1, 0.15) is 19.9 Å². The van der Waals surface area contributed by atoms with Crippen LogP contribution in [0.2, 0.25) is 0 Å². The zero-order valence-corrected chi connectivity index (χ0v) is 10.5. The van der Waals surface area contributed by atoms with Gasteiger partial charge in [0.15, 0.2) is 0 Å². The molecule has 90 valence electrons. The van der Waals surface area contributed by atoms with Crippen LogP contribution in [0.5, 0.6) is 0 Å². The number of imidazole rings is 1. The summed E-state index contributed by atoms with van der Waals surface area (Å²) in [4.78, 5) is 15.7. The lowest BCUT2D eigenvalue weighted by atomic mass is 10.3. The van der Waals surface area contributed by atoms with E-state index in [1.165, 1.54) is 0 Å². The molecule has 1 heterocycles. The molecule has 0 spiro atoms. The lowest BCUT2D eigenvalue weighted by Crippen LogP contribution is -2.17. The van der Waals surface area contributed by atoms with Gasteiger partial charge in [-0.1, -0.05) is 12.1 Å². The zero-order chi connectivity index (χ0) is 12.4. The van der Waals surface area contributed by atoms with Crippen LogP contribution in [-0.4, -0.2) is 21.3 Å². The molecule has 2 aromatic rings. The summed E-state index contributed by atoms with van der Waals surface area (Å²) in [5.41, 5.74) is 1.87. The average molecular weight is 252 g/mol. The first kappa shape index (κ1) is 11.9. The monoisotopic (exact) mass is 251 g/mol. The topological polar surface area (TPSA) is 46.9 Å². The van der Waals surface area contributed by atoms with Gasteiger partial charge in [0.05, 0.1) is 11.0 Å². The van der Waals surface area contributed by atoms with Gasteiger partial charge in [-0.25, -0.2) is 4.98 Å². The van der Waals surface area contributed by atoms with E-state index >= 15 is 0 Å². The molecule has 1 N–H and O–H groups in total. The first-order valence-electron chi connectivity index (χ1n) is 5.46. The smallest absolute Gasteiger partial charge is 0.241 e. The van der Waals surface area contributed by atoms with Gasteiger partial charge in [-0.3, -0.25) is 10.1 Å². The Morgan fingerprint density at radius 3 is 2.82 bits per heavy atom. The molecule has 0 saturated carbocycles. The van der Waals surface area contributed by atoms with Gasteiger partial charge in [-0.05, 0) is 26.0 Å². The quantitative estimate of drug-likeness (QED) is 0.853. The fourth-order valence-electron chi connectivity index (χ4n) is 1.81. The van der Waals surface area contributed by atoms with Crippen molar-refractivity contribution in [2.75, 3.05) is 11.2 Å². The second-order valence-electron chi connectivity index (χ2n) is 4.07. The summed E-state index contributed by atoms with van der Waals surface area (Å²) in [6.07, 6.45) is 0. The number of aromatic nitrogens is 2. The number of hydrogen-bond acceptors (Lipinski definition) is 2. The summed E-state index contributed by atoms with van der Waals surface area (Å²) in [6.45, 7) is 4.09. The summed E-state index contributed by atoms with van der Waals surface area (Å²) in [5.74, 6) is 0.233. The molecule has 0 saturated heterocycles. The molecule has 2 rings (SSSR count). The van der Waals surface area contributed by atoms with Crippen LogP contribution in [-0.2, 0) is 4.79 Å². The van der Waals surface area contributed by atoms with E-state index in [-0.39, 0.29) is 17.8 Å². The predicted molar refractivity (Wildman–Crippen MR) is 69.5 cm³/mol. The molecule has 0 atom stereocenters. The van der Waals surface area contributed by atoms with Crippen molar-refractivity contribution in [2.45, 2.75) is 19.9 Å². The Balaban J connectivity index is 2.53. The molecule has 5 heteroatoms. The standard InChI is InChI=1S/C12H14ClN3O/c1-8(2)16-10-6-4-3-5-9(10)14-12(16)15-11(17)7-13/h3-6,8H,7H2,1-2H3,(H,14,15,17). The number of halogens is 1. The molecular formula is C12H14ClN3O. The molecule has 0 fully saturated rings. The SMILES string of the molecule is CC(C)n1c(NC(=O)CCl)nc2ccccc21. The Kier molecular flexibility index (Phi) is 3.33. The van der Waals surface area contributed by atoms with Crippen LogP contribution < -0.4 is 5.32 Å². The minimum absolute atomic E-state index is 0.0682. The Labute approximate surface area is 105 Å². The van der Waals surface area contributed by atoms with Crippen LogP contribution in [0, 0.1) is 0 Å². The highest BCUT2D eigenvalue weighted by molar-refractivity contribution is 6.29. The number of hydrogen-bond donors (Lipinski definition) is 1. The van der Waals surface area contributed by atoms with E-state index in [2.05, 4.69) is 10.3 Å². The maximum Gasteiger partial charge on any atom is 0.241 e.